The van der Waals surface area contributed by atoms with Crippen LogP contribution in [0, 0.1) is 18.8 Å². The second kappa shape index (κ2) is 8.06. The highest BCUT2D eigenvalue weighted by Gasteiger charge is 2.26. The Labute approximate surface area is 138 Å². The van der Waals surface area contributed by atoms with Crippen molar-refractivity contribution in [2.24, 2.45) is 11.8 Å². The van der Waals surface area contributed by atoms with E-state index in [1.807, 2.05) is 18.9 Å². The lowest BCUT2D eigenvalue weighted by Crippen LogP contribution is -2.38. The van der Waals surface area contributed by atoms with Gasteiger partial charge in [-0.2, -0.15) is 0 Å². The van der Waals surface area contributed by atoms with Gasteiger partial charge in [-0.3, -0.25) is 4.79 Å². The molecule has 1 saturated heterocycles. The molecule has 1 aliphatic rings. The Balaban J connectivity index is 1.94. The topological polar surface area (TPSA) is 45.2 Å². The fourth-order valence-electron chi connectivity index (χ4n) is 3.00. The third-order valence-corrected chi connectivity index (χ3v) is 5.49. The monoisotopic (exact) mass is 323 g/mol. The van der Waals surface area contributed by atoms with Gasteiger partial charge in [0.15, 0.2) is 0 Å². The first-order valence-corrected chi connectivity index (χ1v) is 9.23. The third-order valence-electron chi connectivity index (χ3n) is 4.32. The maximum Gasteiger partial charge on any atom is 0.265 e. The lowest BCUT2D eigenvalue weighted by molar-refractivity contribution is 0.0691. The second-order valence-corrected chi connectivity index (χ2v) is 7.83. The van der Waals surface area contributed by atoms with E-state index in [4.69, 9.17) is 0 Å². The first kappa shape index (κ1) is 17.4. The summed E-state index contributed by atoms with van der Waals surface area (Å²) in [5.41, 5.74) is 0.906. The fraction of sp³-hybridized carbons (Fsp3) is 0.765. The van der Waals surface area contributed by atoms with Crippen LogP contribution in [0.4, 0.5) is 0 Å². The van der Waals surface area contributed by atoms with Gasteiger partial charge in [-0.1, -0.05) is 13.8 Å². The average molecular weight is 324 g/mol. The van der Waals surface area contributed by atoms with Crippen molar-refractivity contribution in [3.63, 3.8) is 0 Å². The van der Waals surface area contributed by atoms with Gasteiger partial charge in [0.1, 0.15) is 4.88 Å². The second-order valence-electron chi connectivity index (χ2n) is 6.75. The van der Waals surface area contributed by atoms with Gasteiger partial charge >= 0.3 is 0 Å². The molecule has 2 rings (SSSR count). The summed E-state index contributed by atoms with van der Waals surface area (Å²) in [5, 5.41) is 4.31. The predicted molar refractivity (Wildman–Crippen MR) is 92.6 cm³/mol. The van der Waals surface area contributed by atoms with Gasteiger partial charge in [0.2, 0.25) is 0 Å². The summed E-state index contributed by atoms with van der Waals surface area (Å²) in [7, 11) is 2.00. The smallest absolute Gasteiger partial charge is 0.265 e. The van der Waals surface area contributed by atoms with E-state index in [-0.39, 0.29) is 5.91 Å². The molecule has 0 unspecified atom stereocenters. The van der Waals surface area contributed by atoms with Crippen LogP contribution in [-0.2, 0) is 6.42 Å². The normalized spacial score (nSPS) is 16.5. The van der Waals surface area contributed by atoms with Crippen molar-refractivity contribution in [1.82, 2.24) is 15.2 Å². The summed E-state index contributed by atoms with van der Waals surface area (Å²) >= 11 is 1.59. The molecule has 124 valence electrons. The van der Waals surface area contributed by atoms with Crippen LogP contribution < -0.4 is 5.32 Å². The zero-order chi connectivity index (χ0) is 16.1. The lowest BCUT2D eigenvalue weighted by atomic mass is 9.93. The Kier molecular flexibility index (Phi) is 6.38. The van der Waals surface area contributed by atoms with Crippen LogP contribution in [-0.4, -0.2) is 42.5 Å². The van der Waals surface area contributed by atoms with Crippen LogP contribution in [0.5, 0.6) is 0 Å². The Morgan fingerprint density at radius 2 is 2.09 bits per heavy atom. The van der Waals surface area contributed by atoms with E-state index < -0.39 is 0 Å². The number of amides is 1. The van der Waals surface area contributed by atoms with Gasteiger partial charge in [-0.15, -0.1) is 11.3 Å². The first-order valence-electron chi connectivity index (χ1n) is 8.41. The van der Waals surface area contributed by atoms with E-state index in [2.05, 4.69) is 24.1 Å². The zero-order valence-electron chi connectivity index (χ0n) is 14.3. The fourth-order valence-corrected chi connectivity index (χ4v) is 4.25. The largest absolute Gasteiger partial charge is 0.338 e. The molecule has 1 amide bonds. The number of aryl methyl sites for hydroxylation is 1. The van der Waals surface area contributed by atoms with E-state index in [1.54, 1.807) is 11.3 Å². The van der Waals surface area contributed by atoms with Crippen molar-refractivity contribution in [2.75, 3.05) is 26.7 Å². The minimum atomic E-state index is 0.192. The van der Waals surface area contributed by atoms with Crippen LogP contribution in [0.15, 0.2) is 0 Å². The SMILES string of the molecule is CNCCC1CCN(C(=O)c2sc(CC(C)C)nc2C)CC1. The molecule has 0 radical (unpaired) electrons. The summed E-state index contributed by atoms with van der Waals surface area (Å²) in [5.74, 6) is 1.53. The number of carbonyl (C=O) groups excluding carboxylic acids is 1. The van der Waals surface area contributed by atoms with E-state index in [9.17, 15) is 4.79 Å². The van der Waals surface area contributed by atoms with Crippen LogP contribution >= 0.6 is 11.3 Å². The quantitative estimate of drug-likeness (QED) is 0.875. The van der Waals surface area contributed by atoms with Crippen molar-refractivity contribution < 1.29 is 4.79 Å². The highest BCUT2D eigenvalue weighted by molar-refractivity contribution is 7.13. The number of carbonyl (C=O) groups is 1. The van der Waals surface area contributed by atoms with Gasteiger partial charge < -0.3 is 10.2 Å². The van der Waals surface area contributed by atoms with Gasteiger partial charge in [0, 0.05) is 19.5 Å². The molecule has 4 nitrogen and oxygen atoms in total. The molecule has 2 heterocycles. The molecular formula is C17H29N3OS. The zero-order valence-corrected chi connectivity index (χ0v) is 15.1. The van der Waals surface area contributed by atoms with E-state index >= 15 is 0 Å². The minimum absolute atomic E-state index is 0.192. The highest BCUT2D eigenvalue weighted by atomic mass is 32.1. The Morgan fingerprint density at radius 1 is 1.41 bits per heavy atom. The van der Waals surface area contributed by atoms with Crippen molar-refractivity contribution in [3.05, 3.63) is 15.6 Å². The number of hydrogen-bond acceptors (Lipinski definition) is 4. The maximum absolute atomic E-state index is 12.7. The number of hydrogen-bond donors (Lipinski definition) is 1. The number of nitrogens with zero attached hydrogens (tertiary/aromatic N) is 2. The Hall–Kier alpha value is -0.940. The Morgan fingerprint density at radius 3 is 2.68 bits per heavy atom. The summed E-state index contributed by atoms with van der Waals surface area (Å²) in [6.07, 6.45) is 4.44. The van der Waals surface area contributed by atoms with Crippen molar-refractivity contribution in [2.45, 2.75) is 46.5 Å². The number of piperidine rings is 1. The molecule has 0 aromatic carbocycles. The average Bonchev–Trinajstić information content (AvgIpc) is 2.84. The van der Waals surface area contributed by atoms with Crippen molar-refractivity contribution in [1.29, 1.82) is 0 Å². The summed E-state index contributed by atoms with van der Waals surface area (Å²) in [4.78, 5) is 20.2. The van der Waals surface area contributed by atoms with Gasteiger partial charge in [0.05, 0.1) is 10.7 Å². The molecule has 1 aliphatic heterocycles. The maximum atomic E-state index is 12.7. The summed E-state index contributed by atoms with van der Waals surface area (Å²) in [6, 6.07) is 0. The molecule has 0 spiro atoms. The molecular weight excluding hydrogens is 294 g/mol. The van der Waals surface area contributed by atoms with Crippen LogP contribution in [0.1, 0.15) is 53.5 Å². The summed E-state index contributed by atoms with van der Waals surface area (Å²) in [6.45, 7) is 9.20. The third kappa shape index (κ3) is 4.53. The first-order chi connectivity index (χ1) is 10.5. The predicted octanol–water partition coefficient (Wildman–Crippen LogP) is 3.11. The van der Waals surface area contributed by atoms with Crippen molar-refractivity contribution >= 4 is 17.2 Å². The van der Waals surface area contributed by atoms with Crippen LogP contribution in [0.3, 0.4) is 0 Å². The number of thiazole rings is 1. The molecule has 1 fully saturated rings. The molecule has 1 aromatic rings. The molecule has 0 atom stereocenters. The molecule has 1 aromatic heterocycles. The molecule has 0 aliphatic carbocycles. The molecule has 22 heavy (non-hydrogen) atoms. The molecule has 1 N–H and O–H groups in total. The Bertz CT molecular complexity index is 490. The number of aromatic nitrogens is 1. The van der Waals surface area contributed by atoms with Gasteiger partial charge in [-0.25, -0.2) is 4.98 Å². The molecule has 0 bridgehead atoms. The summed E-state index contributed by atoms with van der Waals surface area (Å²) < 4.78 is 0. The highest BCUT2D eigenvalue weighted by Crippen LogP contribution is 2.26. The number of nitrogens with one attached hydrogen (secondary N) is 1. The van der Waals surface area contributed by atoms with Crippen LogP contribution in [0.25, 0.3) is 0 Å². The van der Waals surface area contributed by atoms with Crippen molar-refractivity contribution in [3.8, 4) is 0 Å². The molecule has 5 heteroatoms. The minimum Gasteiger partial charge on any atom is -0.338 e. The van der Waals surface area contributed by atoms with E-state index in [1.165, 1.54) is 6.42 Å². The number of likely N-dealkylation sites (tertiary alicyclic amines) is 1. The number of rotatable bonds is 6. The van der Waals surface area contributed by atoms with Gasteiger partial charge in [0.25, 0.3) is 5.91 Å². The van der Waals surface area contributed by atoms with Gasteiger partial charge in [-0.05, 0) is 51.6 Å². The lowest BCUT2D eigenvalue weighted by Gasteiger charge is -2.31. The van der Waals surface area contributed by atoms with E-state index in [0.29, 0.717) is 5.92 Å². The van der Waals surface area contributed by atoms with E-state index in [0.717, 1.165) is 60.4 Å². The van der Waals surface area contributed by atoms with Crippen LogP contribution in [0.2, 0.25) is 0 Å². The molecule has 0 saturated carbocycles. The standard InChI is InChI=1S/C17H29N3OS/c1-12(2)11-15-19-13(3)16(22-15)17(21)20-9-6-14(7-10-20)5-8-18-4/h12,14,18H,5-11H2,1-4H3.